The maximum absolute atomic E-state index is 11.9. The molecule has 7 heteroatoms. The second kappa shape index (κ2) is 13.4. The van der Waals surface area contributed by atoms with Gasteiger partial charge in [0.05, 0.1) is 0 Å². The third kappa shape index (κ3) is 9.86. The van der Waals surface area contributed by atoms with E-state index >= 15 is 0 Å². The van der Waals surface area contributed by atoms with Crippen molar-refractivity contribution in [2.45, 2.75) is 26.2 Å². The molecule has 0 unspecified atom stereocenters. The van der Waals surface area contributed by atoms with Gasteiger partial charge in [0.25, 0.3) is 5.91 Å². The number of hydrogen-bond donors (Lipinski definition) is 4. The van der Waals surface area contributed by atoms with Gasteiger partial charge >= 0.3 is 0 Å². The first-order valence-electron chi connectivity index (χ1n) is 8.75. The molecule has 0 radical (unpaired) electrons. The number of phenols is 1. The summed E-state index contributed by atoms with van der Waals surface area (Å²) in [5.74, 6) is 1.93. The lowest BCUT2D eigenvalue weighted by Crippen LogP contribution is -2.38. The molecule has 1 aromatic rings. The van der Waals surface area contributed by atoms with E-state index < -0.39 is 0 Å². The summed E-state index contributed by atoms with van der Waals surface area (Å²) in [6, 6.07) is 6.33. The third-order valence-corrected chi connectivity index (χ3v) is 4.11. The first kappa shape index (κ1) is 21.2. The van der Waals surface area contributed by atoms with Crippen LogP contribution in [0.4, 0.5) is 0 Å². The summed E-state index contributed by atoms with van der Waals surface area (Å²) in [6.45, 7) is 4.97. The highest BCUT2D eigenvalue weighted by Crippen LogP contribution is 2.10. The average molecular weight is 367 g/mol. The molecule has 0 fully saturated rings. The molecular formula is C18H30N4O2S. The molecule has 4 N–H and O–H groups in total. The largest absolute Gasteiger partial charge is 0.508 e. The van der Waals surface area contributed by atoms with Crippen LogP contribution in [0, 0.1) is 0 Å². The lowest BCUT2D eigenvalue weighted by atomic mass is 10.2. The Labute approximate surface area is 154 Å². The quantitative estimate of drug-likeness (QED) is 0.274. The van der Waals surface area contributed by atoms with Crippen LogP contribution < -0.4 is 16.0 Å². The van der Waals surface area contributed by atoms with E-state index in [0.29, 0.717) is 18.7 Å². The van der Waals surface area contributed by atoms with Gasteiger partial charge in [-0.1, -0.05) is 6.07 Å². The van der Waals surface area contributed by atoms with Crippen LogP contribution in [0.15, 0.2) is 29.3 Å². The molecule has 1 amide bonds. The second-order valence-corrected chi connectivity index (χ2v) is 6.53. The number of nitrogens with zero attached hydrogens (tertiary/aromatic N) is 1. The van der Waals surface area contributed by atoms with E-state index in [1.54, 1.807) is 18.2 Å². The number of phenolic OH excluding ortho intramolecular Hbond substituents is 1. The smallest absolute Gasteiger partial charge is 0.251 e. The standard InChI is InChI=1S/C18H30N4O2S/c1-3-19-18(21-10-4-5-13-25-2)22-12-7-11-20-17(24)15-8-6-9-16(23)14-15/h6,8-9,14,23H,3-5,7,10-13H2,1-2H3,(H,20,24)(H2,19,21,22). The summed E-state index contributed by atoms with van der Waals surface area (Å²) >= 11 is 1.87. The average Bonchev–Trinajstić information content (AvgIpc) is 2.61. The van der Waals surface area contributed by atoms with Gasteiger partial charge in [0.2, 0.25) is 0 Å². The van der Waals surface area contributed by atoms with Gasteiger partial charge in [-0.25, -0.2) is 0 Å². The van der Waals surface area contributed by atoms with Crippen molar-refractivity contribution in [3.05, 3.63) is 29.8 Å². The Morgan fingerprint density at radius 1 is 1.16 bits per heavy atom. The molecule has 0 aliphatic rings. The first-order chi connectivity index (χ1) is 12.2. The molecule has 0 atom stereocenters. The Bertz CT molecular complexity index is 538. The molecule has 0 spiro atoms. The van der Waals surface area contributed by atoms with Crippen LogP contribution in [-0.2, 0) is 0 Å². The van der Waals surface area contributed by atoms with Gasteiger partial charge in [0.1, 0.15) is 5.75 Å². The number of aromatic hydroxyl groups is 1. The molecule has 0 saturated carbocycles. The summed E-state index contributed by atoms with van der Waals surface area (Å²) in [7, 11) is 0. The van der Waals surface area contributed by atoms with Crippen LogP contribution in [-0.4, -0.2) is 55.2 Å². The highest BCUT2D eigenvalue weighted by atomic mass is 32.2. The van der Waals surface area contributed by atoms with E-state index in [2.05, 4.69) is 27.2 Å². The van der Waals surface area contributed by atoms with Crippen LogP contribution in [0.1, 0.15) is 36.5 Å². The van der Waals surface area contributed by atoms with E-state index in [4.69, 9.17) is 0 Å². The minimum absolute atomic E-state index is 0.0936. The van der Waals surface area contributed by atoms with Crippen molar-refractivity contribution in [2.75, 3.05) is 38.2 Å². The lowest BCUT2D eigenvalue weighted by Gasteiger charge is -2.11. The summed E-state index contributed by atoms with van der Waals surface area (Å²) in [6.07, 6.45) is 5.21. The van der Waals surface area contributed by atoms with E-state index in [1.165, 1.54) is 18.2 Å². The first-order valence-corrected chi connectivity index (χ1v) is 10.1. The molecule has 0 saturated heterocycles. The number of guanidine groups is 1. The molecule has 6 nitrogen and oxygen atoms in total. The molecule has 0 aliphatic heterocycles. The van der Waals surface area contributed by atoms with E-state index in [1.807, 2.05) is 18.7 Å². The SMILES string of the molecule is CCNC(=NCCCNC(=O)c1cccc(O)c1)NCCCCSC. The highest BCUT2D eigenvalue weighted by molar-refractivity contribution is 7.98. The zero-order valence-corrected chi connectivity index (χ0v) is 16.0. The van der Waals surface area contributed by atoms with Crippen LogP contribution in [0.5, 0.6) is 5.75 Å². The number of unbranched alkanes of at least 4 members (excludes halogenated alkanes) is 1. The number of carbonyl (C=O) groups excluding carboxylic acids is 1. The Hall–Kier alpha value is -1.89. The number of rotatable bonds is 11. The molecule has 1 rings (SSSR count). The number of hydrogen-bond acceptors (Lipinski definition) is 4. The number of nitrogens with one attached hydrogen (secondary N) is 3. The van der Waals surface area contributed by atoms with Crippen LogP contribution >= 0.6 is 11.8 Å². The van der Waals surface area contributed by atoms with Crippen molar-refractivity contribution >= 4 is 23.6 Å². The van der Waals surface area contributed by atoms with Crippen LogP contribution in [0.25, 0.3) is 0 Å². The second-order valence-electron chi connectivity index (χ2n) is 5.55. The predicted molar refractivity (Wildman–Crippen MR) is 107 cm³/mol. The van der Waals surface area contributed by atoms with Gasteiger partial charge in [-0.2, -0.15) is 11.8 Å². The molecular weight excluding hydrogens is 336 g/mol. The Kier molecular flexibility index (Phi) is 11.3. The molecule has 1 aromatic carbocycles. The van der Waals surface area contributed by atoms with E-state index in [-0.39, 0.29) is 11.7 Å². The van der Waals surface area contributed by atoms with Crippen LogP contribution in [0.3, 0.4) is 0 Å². The van der Waals surface area contributed by atoms with Gasteiger partial charge in [-0.3, -0.25) is 9.79 Å². The van der Waals surface area contributed by atoms with Gasteiger partial charge < -0.3 is 21.1 Å². The minimum atomic E-state index is -0.182. The van der Waals surface area contributed by atoms with Crippen molar-refractivity contribution < 1.29 is 9.90 Å². The van der Waals surface area contributed by atoms with Gasteiger partial charge in [0.15, 0.2) is 5.96 Å². The van der Waals surface area contributed by atoms with Gasteiger partial charge in [0, 0.05) is 31.7 Å². The highest BCUT2D eigenvalue weighted by Gasteiger charge is 2.04. The fraction of sp³-hybridized carbons (Fsp3) is 0.556. The number of thioether (sulfide) groups is 1. The normalized spacial score (nSPS) is 11.2. The molecule has 140 valence electrons. The Morgan fingerprint density at radius 2 is 1.96 bits per heavy atom. The lowest BCUT2D eigenvalue weighted by molar-refractivity contribution is 0.0953. The summed E-state index contributed by atoms with van der Waals surface area (Å²) in [5.41, 5.74) is 0.462. The third-order valence-electron chi connectivity index (χ3n) is 3.41. The van der Waals surface area contributed by atoms with E-state index in [9.17, 15) is 9.90 Å². The van der Waals surface area contributed by atoms with E-state index in [0.717, 1.165) is 31.9 Å². The Balaban J connectivity index is 2.25. The minimum Gasteiger partial charge on any atom is -0.508 e. The molecule has 0 aliphatic carbocycles. The molecule has 0 heterocycles. The maximum Gasteiger partial charge on any atom is 0.251 e. The van der Waals surface area contributed by atoms with Gasteiger partial charge in [-0.15, -0.1) is 0 Å². The fourth-order valence-electron chi connectivity index (χ4n) is 2.14. The summed E-state index contributed by atoms with van der Waals surface area (Å²) in [5, 5.41) is 18.8. The molecule has 25 heavy (non-hydrogen) atoms. The van der Waals surface area contributed by atoms with Crippen molar-refractivity contribution in [1.29, 1.82) is 0 Å². The summed E-state index contributed by atoms with van der Waals surface area (Å²) in [4.78, 5) is 16.5. The zero-order valence-electron chi connectivity index (χ0n) is 15.2. The Morgan fingerprint density at radius 3 is 2.68 bits per heavy atom. The summed E-state index contributed by atoms with van der Waals surface area (Å²) < 4.78 is 0. The fourth-order valence-corrected chi connectivity index (χ4v) is 2.63. The molecule has 0 bridgehead atoms. The monoisotopic (exact) mass is 366 g/mol. The number of aliphatic imine (C=N–C) groups is 1. The topological polar surface area (TPSA) is 85.8 Å². The van der Waals surface area contributed by atoms with Gasteiger partial charge in [-0.05, 0) is 56.4 Å². The van der Waals surface area contributed by atoms with Crippen molar-refractivity contribution in [3.63, 3.8) is 0 Å². The number of amides is 1. The maximum atomic E-state index is 11.9. The number of benzene rings is 1. The van der Waals surface area contributed by atoms with Crippen molar-refractivity contribution in [2.24, 2.45) is 4.99 Å². The number of carbonyl (C=O) groups is 1. The zero-order chi connectivity index (χ0) is 18.3. The molecule has 0 aromatic heterocycles. The van der Waals surface area contributed by atoms with Crippen LogP contribution in [0.2, 0.25) is 0 Å². The predicted octanol–water partition coefficient (Wildman–Crippen LogP) is 2.21. The van der Waals surface area contributed by atoms with Crippen molar-refractivity contribution in [3.8, 4) is 5.75 Å². The van der Waals surface area contributed by atoms with Crippen molar-refractivity contribution in [1.82, 2.24) is 16.0 Å².